The van der Waals surface area contributed by atoms with Crippen LogP contribution < -0.4 is 5.32 Å². The Bertz CT molecular complexity index is 1020. The molecule has 1 fully saturated rings. The molecule has 1 saturated heterocycles. The summed E-state index contributed by atoms with van der Waals surface area (Å²) < 4.78 is 40.8. The van der Waals surface area contributed by atoms with Crippen LogP contribution in [0.2, 0.25) is 5.02 Å². The van der Waals surface area contributed by atoms with Crippen LogP contribution in [0.4, 0.5) is 10.1 Å². The average molecular weight is 453 g/mol. The summed E-state index contributed by atoms with van der Waals surface area (Å²) in [5.41, 5.74) is 3.93. The molecule has 1 aliphatic rings. The van der Waals surface area contributed by atoms with Crippen molar-refractivity contribution in [2.75, 3.05) is 18.4 Å². The van der Waals surface area contributed by atoms with Gasteiger partial charge in [-0.1, -0.05) is 35.4 Å². The molecule has 0 aliphatic carbocycles. The highest BCUT2D eigenvalue weighted by atomic mass is 35.5. The van der Waals surface area contributed by atoms with Crippen molar-refractivity contribution in [3.63, 3.8) is 0 Å². The molecule has 1 amide bonds. The van der Waals surface area contributed by atoms with E-state index in [0.29, 0.717) is 12.8 Å². The molecular weight excluding hydrogens is 427 g/mol. The second-order valence-electron chi connectivity index (χ2n) is 7.89. The van der Waals surface area contributed by atoms with Crippen molar-refractivity contribution in [2.24, 2.45) is 5.92 Å². The van der Waals surface area contributed by atoms with Crippen LogP contribution in [0.25, 0.3) is 0 Å². The highest BCUT2D eigenvalue weighted by Crippen LogP contribution is 2.28. The van der Waals surface area contributed by atoms with Gasteiger partial charge in [0, 0.05) is 35.3 Å². The lowest BCUT2D eigenvalue weighted by molar-refractivity contribution is -0.120. The number of benzene rings is 2. The quantitative estimate of drug-likeness (QED) is 0.721. The summed E-state index contributed by atoms with van der Waals surface area (Å²) >= 11 is 5.98. The Morgan fingerprint density at radius 3 is 2.33 bits per heavy atom. The monoisotopic (exact) mass is 452 g/mol. The molecule has 3 rings (SSSR count). The molecule has 0 atom stereocenters. The molecule has 0 saturated carbocycles. The summed E-state index contributed by atoms with van der Waals surface area (Å²) in [4.78, 5) is 12.7. The summed E-state index contributed by atoms with van der Waals surface area (Å²) in [6.07, 6.45) is 0.833. The Kier molecular flexibility index (Phi) is 6.84. The predicted octanol–water partition coefficient (Wildman–Crippen LogP) is 4.58. The van der Waals surface area contributed by atoms with Gasteiger partial charge >= 0.3 is 0 Å². The van der Waals surface area contributed by atoms with Crippen LogP contribution in [0, 0.1) is 32.5 Å². The van der Waals surface area contributed by atoms with Gasteiger partial charge in [0.1, 0.15) is 5.82 Å². The third-order valence-electron chi connectivity index (χ3n) is 5.53. The highest BCUT2D eigenvalue weighted by Gasteiger charge is 2.32. The maximum atomic E-state index is 14.0. The highest BCUT2D eigenvalue weighted by molar-refractivity contribution is 7.88. The number of nitrogens with one attached hydrogen (secondary N) is 1. The summed E-state index contributed by atoms with van der Waals surface area (Å²) in [5, 5.41) is 3.10. The van der Waals surface area contributed by atoms with E-state index in [1.807, 2.05) is 32.9 Å². The van der Waals surface area contributed by atoms with E-state index in [9.17, 15) is 17.6 Å². The summed E-state index contributed by atoms with van der Waals surface area (Å²) in [6, 6.07) is 8.15. The lowest BCUT2D eigenvalue weighted by Crippen LogP contribution is -2.42. The van der Waals surface area contributed by atoms with Crippen molar-refractivity contribution >= 4 is 33.2 Å². The summed E-state index contributed by atoms with van der Waals surface area (Å²) in [6.45, 7) is 6.37. The van der Waals surface area contributed by atoms with Gasteiger partial charge in [0.2, 0.25) is 15.9 Å². The molecule has 30 heavy (non-hydrogen) atoms. The Morgan fingerprint density at radius 2 is 1.77 bits per heavy atom. The van der Waals surface area contributed by atoms with Crippen LogP contribution in [-0.4, -0.2) is 31.7 Å². The molecule has 0 bridgehead atoms. The number of sulfonamides is 1. The van der Waals surface area contributed by atoms with Gasteiger partial charge in [0.15, 0.2) is 0 Å². The molecule has 0 unspecified atom stereocenters. The number of piperidine rings is 1. The minimum atomic E-state index is -3.73. The third kappa shape index (κ3) is 5.02. The van der Waals surface area contributed by atoms with E-state index in [4.69, 9.17) is 11.6 Å². The standard InChI is InChI=1S/C22H26ClFN2O3S/c1-14-11-15(2)21(16(3)12-14)25-22(27)17-7-9-26(10-8-17)30(28,29)13-18-19(23)5-4-6-20(18)24/h4-6,11-12,17H,7-10,13H2,1-3H3,(H,25,27). The normalized spacial score (nSPS) is 15.9. The summed E-state index contributed by atoms with van der Waals surface area (Å²) in [5.74, 6) is -1.49. The number of carbonyl (C=O) groups is 1. The molecule has 0 aromatic heterocycles. The smallest absolute Gasteiger partial charge is 0.227 e. The van der Waals surface area contributed by atoms with Gasteiger partial charge in [-0.15, -0.1) is 0 Å². The van der Waals surface area contributed by atoms with Gasteiger partial charge in [-0.2, -0.15) is 0 Å². The van der Waals surface area contributed by atoms with Crippen molar-refractivity contribution in [3.8, 4) is 0 Å². The van der Waals surface area contributed by atoms with E-state index in [1.54, 1.807) is 0 Å². The van der Waals surface area contributed by atoms with Crippen molar-refractivity contribution in [2.45, 2.75) is 39.4 Å². The molecule has 0 spiro atoms. The molecule has 162 valence electrons. The SMILES string of the molecule is Cc1cc(C)c(NC(=O)C2CCN(S(=O)(=O)Cc3c(F)cccc3Cl)CC2)c(C)c1. The molecular formula is C22H26ClFN2O3S. The van der Waals surface area contributed by atoms with Gasteiger partial charge in [0.25, 0.3) is 0 Å². The second kappa shape index (κ2) is 9.04. The Morgan fingerprint density at radius 1 is 1.17 bits per heavy atom. The van der Waals surface area contributed by atoms with Crippen molar-refractivity contribution in [3.05, 3.63) is 63.4 Å². The van der Waals surface area contributed by atoms with Crippen LogP contribution in [0.1, 0.15) is 35.1 Å². The zero-order chi connectivity index (χ0) is 22.1. The second-order valence-corrected chi connectivity index (χ2v) is 10.3. The third-order valence-corrected chi connectivity index (χ3v) is 7.69. The van der Waals surface area contributed by atoms with Crippen LogP contribution in [-0.2, 0) is 20.6 Å². The van der Waals surface area contributed by atoms with Gasteiger partial charge < -0.3 is 5.32 Å². The van der Waals surface area contributed by atoms with Gasteiger partial charge in [-0.25, -0.2) is 17.1 Å². The molecule has 1 heterocycles. The number of halogens is 2. The van der Waals surface area contributed by atoms with Crippen LogP contribution in [0.5, 0.6) is 0 Å². The lowest BCUT2D eigenvalue weighted by Gasteiger charge is -2.31. The molecule has 8 heteroatoms. The van der Waals surface area contributed by atoms with Crippen molar-refractivity contribution in [1.29, 1.82) is 0 Å². The number of aryl methyl sites for hydroxylation is 3. The molecule has 5 nitrogen and oxygen atoms in total. The molecule has 1 N–H and O–H groups in total. The van der Waals surface area contributed by atoms with E-state index in [1.165, 1.54) is 22.5 Å². The zero-order valence-corrected chi connectivity index (χ0v) is 18.9. The van der Waals surface area contributed by atoms with Crippen molar-refractivity contribution in [1.82, 2.24) is 4.31 Å². The fraction of sp³-hybridized carbons (Fsp3) is 0.409. The van der Waals surface area contributed by atoms with Gasteiger partial charge in [0.05, 0.1) is 5.75 Å². The maximum absolute atomic E-state index is 14.0. The lowest BCUT2D eigenvalue weighted by atomic mass is 9.96. The topological polar surface area (TPSA) is 66.5 Å². The zero-order valence-electron chi connectivity index (χ0n) is 17.3. The maximum Gasteiger partial charge on any atom is 0.227 e. The van der Waals surface area contributed by atoms with E-state index >= 15 is 0 Å². The minimum Gasteiger partial charge on any atom is -0.325 e. The Labute approximate surface area is 182 Å². The number of amides is 1. The Hall–Kier alpha value is -1.96. The fourth-order valence-corrected chi connectivity index (χ4v) is 5.86. The van der Waals surface area contributed by atoms with Gasteiger partial charge in [-0.05, 0) is 56.9 Å². The molecule has 0 radical (unpaired) electrons. The van der Waals surface area contributed by atoms with E-state index in [-0.39, 0.29) is 35.5 Å². The predicted molar refractivity (Wildman–Crippen MR) is 118 cm³/mol. The number of rotatable bonds is 5. The molecule has 2 aromatic carbocycles. The van der Waals surface area contributed by atoms with Crippen LogP contribution >= 0.6 is 11.6 Å². The molecule has 1 aliphatic heterocycles. The number of carbonyl (C=O) groups excluding carboxylic acids is 1. The first kappa shape index (κ1) is 22.7. The number of anilines is 1. The van der Waals surface area contributed by atoms with Gasteiger partial charge in [-0.3, -0.25) is 4.79 Å². The Balaban J connectivity index is 1.63. The fourth-order valence-electron chi connectivity index (χ4n) is 3.94. The summed E-state index contributed by atoms with van der Waals surface area (Å²) in [7, 11) is -3.73. The van der Waals surface area contributed by atoms with E-state index < -0.39 is 21.6 Å². The first-order chi connectivity index (χ1) is 14.1. The minimum absolute atomic E-state index is 0.0237. The number of nitrogens with zero attached hydrogens (tertiary/aromatic N) is 1. The van der Waals surface area contributed by atoms with E-state index in [2.05, 4.69) is 5.32 Å². The van der Waals surface area contributed by atoms with E-state index in [0.717, 1.165) is 22.4 Å². The van der Waals surface area contributed by atoms with Crippen LogP contribution in [0.15, 0.2) is 30.3 Å². The molecule has 2 aromatic rings. The van der Waals surface area contributed by atoms with Crippen molar-refractivity contribution < 1.29 is 17.6 Å². The van der Waals surface area contributed by atoms with Crippen LogP contribution in [0.3, 0.4) is 0 Å². The largest absolute Gasteiger partial charge is 0.325 e. The number of hydrogen-bond acceptors (Lipinski definition) is 3. The number of hydrogen-bond donors (Lipinski definition) is 1. The first-order valence-electron chi connectivity index (χ1n) is 9.88. The average Bonchev–Trinajstić information content (AvgIpc) is 2.67. The first-order valence-corrected chi connectivity index (χ1v) is 11.9.